The van der Waals surface area contributed by atoms with E-state index < -0.39 is 66.6 Å². The summed E-state index contributed by atoms with van der Waals surface area (Å²) in [6.07, 6.45) is -3.30. The molecule has 3 rings (SSSR count). The van der Waals surface area contributed by atoms with Crippen molar-refractivity contribution in [3.8, 4) is 0 Å². The van der Waals surface area contributed by atoms with E-state index in [-0.39, 0.29) is 16.9 Å². The van der Waals surface area contributed by atoms with Crippen LogP contribution < -0.4 is 25.3 Å². The number of nitrogens with zero attached hydrogens (tertiary/aromatic N) is 3. The van der Waals surface area contributed by atoms with Gasteiger partial charge in [0.2, 0.25) is 0 Å². The number of pyridine rings is 1. The number of aromatic nitrogens is 3. The summed E-state index contributed by atoms with van der Waals surface area (Å²) in [6, 6.07) is 1.46. The molecular formula is C15H17N4O15P3-4. The van der Waals surface area contributed by atoms with E-state index in [1.807, 2.05) is 0 Å². The zero-order chi connectivity index (χ0) is 27.8. The standard InChI is InChI=1S/C15H21N4O15P3/c1-7(20)30-12-10(5-29-36(25,26)34-37(27,28)33-35(22,23)24)32-15(13(12)31-8(2)21)19-6-18-11-9(16)3-4-17-14(11)19/h3-4,6,10,12-13,15H,5H2,1-2H3,(H2,16,17)(H,25,26)(H,27,28)(H2,22,23,24)/p-4. The van der Waals surface area contributed by atoms with Crippen molar-refractivity contribution in [2.75, 3.05) is 12.3 Å². The Balaban J connectivity index is 1.89. The fraction of sp³-hybridized carbons (Fsp3) is 0.467. The van der Waals surface area contributed by atoms with Gasteiger partial charge in [0.1, 0.15) is 11.6 Å². The van der Waals surface area contributed by atoms with Crippen LogP contribution in [-0.4, -0.2) is 51.4 Å². The average Bonchev–Trinajstić information content (AvgIpc) is 3.26. The number of esters is 2. The number of ether oxygens (including phenoxy) is 3. The molecule has 0 aromatic carbocycles. The minimum atomic E-state index is -6.22. The van der Waals surface area contributed by atoms with Crippen LogP contribution in [0.3, 0.4) is 0 Å². The van der Waals surface area contributed by atoms with Crippen LogP contribution in [0.25, 0.3) is 11.2 Å². The van der Waals surface area contributed by atoms with Crippen LogP contribution in [0.5, 0.6) is 0 Å². The van der Waals surface area contributed by atoms with Crippen molar-refractivity contribution in [3.05, 3.63) is 18.6 Å². The van der Waals surface area contributed by atoms with E-state index in [0.29, 0.717) is 0 Å². The van der Waals surface area contributed by atoms with Gasteiger partial charge in [-0.15, -0.1) is 0 Å². The monoisotopic (exact) mass is 586 g/mol. The highest BCUT2D eigenvalue weighted by atomic mass is 31.3. The molecule has 0 radical (unpaired) electrons. The first-order chi connectivity index (χ1) is 17.0. The number of rotatable bonds is 10. The number of nitrogen functional groups attached to an aromatic ring is 1. The van der Waals surface area contributed by atoms with Gasteiger partial charge in [-0.25, -0.2) is 14.3 Å². The van der Waals surface area contributed by atoms with Crippen LogP contribution >= 0.6 is 23.5 Å². The van der Waals surface area contributed by atoms with E-state index in [9.17, 15) is 42.9 Å². The van der Waals surface area contributed by atoms with Crippen molar-refractivity contribution in [2.45, 2.75) is 38.4 Å². The molecule has 0 aliphatic carbocycles. The number of phosphoric acid groups is 3. The number of fused-ring (bicyclic) bond motifs is 1. The molecule has 1 aliphatic rings. The largest absolute Gasteiger partial charge is 0.790 e. The van der Waals surface area contributed by atoms with Gasteiger partial charge in [0.15, 0.2) is 24.1 Å². The van der Waals surface area contributed by atoms with Gasteiger partial charge in [0, 0.05) is 20.0 Å². The number of hydrogen-bond acceptors (Lipinski definition) is 18. The second-order valence-electron chi connectivity index (χ2n) is 7.24. The second-order valence-corrected chi connectivity index (χ2v) is 11.5. The first-order valence-electron chi connectivity index (χ1n) is 9.76. The van der Waals surface area contributed by atoms with Gasteiger partial charge in [0.05, 0.1) is 26.4 Å². The number of phosphoric ester groups is 1. The van der Waals surface area contributed by atoms with Crippen LogP contribution in [-0.2, 0) is 50.6 Å². The van der Waals surface area contributed by atoms with Gasteiger partial charge < -0.3 is 48.6 Å². The third-order valence-electron chi connectivity index (χ3n) is 4.45. The predicted molar refractivity (Wildman–Crippen MR) is 108 cm³/mol. The van der Waals surface area contributed by atoms with Crippen LogP contribution in [0, 0.1) is 0 Å². The van der Waals surface area contributed by atoms with Crippen molar-refractivity contribution < 1.29 is 70.2 Å². The number of nitrogens with two attached hydrogens (primary N) is 1. The molecule has 2 aromatic heterocycles. The summed E-state index contributed by atoms with van der Waals surface area (Å²) in [5, 5.41) is 0. The maximum atomic E-state index is 11.9. The molecule has 2 aromatic rings. The normalized spacial score (nSPS) is 25.4. The van der Waals surface area contributed by atoms with E-state index >= 15 is 0 Å². The minimum Gasteiger partial charge on any atom is -0.790 e. The molecule has 0 spiro atoms. The van der Waals surface area contributed by atoms with Gasteiger partial charge in [0.25, 0.3) is 15.6 Å². The highest BCUT2D eigenvalue weighted by Gasteiger charge is 2.51. The first kappa shape index (κ1) is 29.3. The summed E-state index contributed by atoms with van der Waals surface area (Å²) in [7, 11) is -18.3. The van der Waals surface area contributed by atoms with Crippen molar-refractivity contribution >= 4 is 52.3 Å². The van der Waals surface area contributed by atoms with Crippen molar-refractivity contribution in [3.63, 3.8) is 0 Å². The number of imidazole rings is 1. The fourth-order valence-corrected chi connectivity index (χ4v) is 6.17. The van der Waals surface area contributed by atoms with Gasteiger partial charge in [-0.2, -0.15) is 0 Å². The Hall–Kier alpha value is -2.27. The molecule has 2 N–H and O–H groups in total. The highest BCUT2D eigenvalue weighted by Crippen LogP contribution is 2.60. The molecule has 0 amide bonds. The smallest absolute Gasteiger partial charge is 0.303 e. The Morgan fingerprint density at radius 3 is 2.24 bits per heavy atom. The summed E-state index contributed by atoms with van der Waals surface area (Å²) in [4.78, 5) is 76.0. The van der Waals surface area contributed by atoms with E-state index in [0.717, 1.165) is 13.8 Å². The lowest BCUT2D eigenvalue weighted by Crippen LogP contribution is -2.40. The Morgan fingerprint density at radius 1 is 1.03 bits per heavy atom. The summed E-state index contributed by atoms with van der Waals surface area (Å²) in [6.45, 7) is 0.910. The summed E-state index contributed by atoms with van der Waals surface area (Å²) in [5.41, 5.74) is 6.47. The Kier molecular flexibility index (Phi) is 8.58. The van der Waals surface area contributed by atoms with Crippen molar-refractivity contribution in [1.82, 2.24) is 14.5 Å². The van der Waals surface area contributed by atoms with Crippen LogP contribution in [0.1, 0.15) is 20.1 Å². The van der Waals surface area contributed by atoms with Crippen LogP contribution in [0.4, 0.5) is 5.69 Å². The second kappa shape index (κ2) is 10.8. The van der Waals surface area contributed by atoms with Gasteiger partial charge in [-0.3, -0.25) is 27.6 Å². The van der Waals surface area contributed by atoms with Gasteiger partial charge in [-0.05, 0) is 6.07 Å². The van der Waals surface area contributed by atoms with Crippen molar-refractivity contribution in [1.29, 1.82) is 0 Å². The summed E-state index contributed by atoms with van der Waals surface area (Å²) >= 11 is 0. The molecular weight excluding hydrogens is 569 g/mol. The number of anilines is 1. The first-order valence-corrected chi connectivity index (χ1v) is 14.1. The molecule has 6 unspecified atom stereocenters. The van der Waals surface area contributed by atoms with E-state index in [2.05, 4.69) is 23.1 Å². The zero-order valence-electron chi connectivity index (χ0n) is 18.6. The van der Waals surface area contributed by atoms with E-state index in [1.54, 1.807) is 0 Å². The Labute approximate surface area is 206 Å². The predicted octanol–water partition coefficient (Wildman–Crippen LogP) is -2.41. The SMILES string of the molecule is CC(=O)OC1C(COP(=O)([O-])OP(=O)([O-])OP(=O)([O-])[O-])OC(n2cnc3c(N)ccnc32)C1OC(C)=O. The Bertz CT molecular complexity index is 1330. The molecule has 206 valence electrons. The van der Waals surface area contributed by atoms with E-state index in [1.165, 1.54) is 23.2 Å². The molecule has 0 bridgehead atoms. The van der Waals surface area contributed by atoms with E-state index in [4.69, 9.17) is 19.9 Å². The number of hydrogen-bond donors (Lipinski definition) is 1. The molecule has 1 fully saturated rings. The van der Waals surface area contributed by atoms with Crippen molar-refractivity contribution in [2.24, 2.45) is 0 Å². The molecule has 22 heteroatoms. The molecule has 1 saturated heterocycles. The maximum Gasteiger partial charge on any atom is 0.303 e. The molecule has 0 saturated carbocycles. The Morgan fingerprint density at radius 2 is 1.65 bits per heavy atom. The van der Waals surface area contributed by atoms with Crippen LogP contribution in [0.2, 0.25) is 0 Å². The summed E-state index contributed by atoms with van der Waals surface area (Å²) < 4.78 is 62.2. The van der Waals surface area contributed by atoms with Gasteiger partial charge >= 0.3 is 11.9 Å². The number of carbonyl (C=O) groups excluding carboxylic acids is 2. The minimum absolute atomic E-state index is 0.146. The lowest BCUT2D eigenvalue weighted by molar-refractivity contribution is -0.339. The van der Waals surface area contributed by atoms with Gasteiger partial charge in [-0.1, -0.05) is 0 Å². The maximum absolute atomic E-state index is 11.9. The zero-order valence-corrected chi connectivity index (χ0v) is 21.3. The lowest BCUT2D eigenvalue weighted by atomic mass is 10.1. The summed E-state index contributed by atoms with van der Waals surface area (Å²) in [5.74, 6) is -1.76. The third-order valence-corrected chi connectivity index (χ3v) is 8.12. The molecule has 6 atom stereocenters. The fourth-order valence-electron chi connectivity index (χ4n) is 3.30. The van der Waals surface area contributed by atoms with Crippen LogP contribution in [0.15, 0.2) is 18.6 Å². The topological polar surface area (TPSA) is 290 Å². The average molecular weight is 586 g/mol. The third kappa shape index (κ3) is 7.63. The number of carbonyl (C=O) groups is 2. The quantitative estimate of drug-likeness (QED) is 0.224. The molecule has 37 heavy (non-hydrogen) atoms. The lowest BCUT2D eigenvalue weighted by Gasteiger charge is -2.37. The highest BCUT2D eigenvalue weighted by molar-refractivity contribution is 7.64. The molecule has 1 aliphatic heterocycles. The molecule has 19 nitrogen and oxygen atoms in total. The molecule has 3 heterocycles.